The van der Waals surface area contributed by atoms with Crippen molar-refractivity contribution < 1.29 is 8.78 Å². The Morgan fingerprint density at radius 1 is 1.33 bits per heavy atom. The molecule has 18 heavy (non-hydrogen) atoms. The van der Waals surface area contributed by atoms with Crippen molar-refractivity contribution in [2.24, 2.45) is 5.92 Å². The lowest BCUT2D eigenvalue weighted by molar-refractivity contribution is 0.335. The largest absolute Gasteiger partial charge is 0.366 e. The summed E-state index contributed by atoms with van der Waals surface area (Å²) in [6.07, 6.45) is 0.895. The van der Waals surface area contributed by atoms with E-state index in [9.17, 15) is 8.78 Å². The first kappa shape index (κ1) is 13.7. The molecule has 0 spiro atoms. The van der Waals surface area contributed by atoms with Gasteiger partial charge in [-0.2, -0.15) is 0 Å². The Labute approximate surface area is 114 Å². The fourth-order valence-electron chi connectivity index (χ4n) is 2.61. The van der Waals surface area contributed by atoms with Crippen LogP contribution in [0.5, 0.6) is 0 Å². The van der Waals surface area contributed by atoms with Crippen LogP contribution in [0.3, 0.4) is 0 Å². The van der Waals surface area contributed by atoms with Crippen molar-refractivity contribution in [3.05, 3.63) is 28.2 Å². The molecule has 1 fully saturated rings. The fraction of sp³-hybridized carbons (Fsp3) is 0.538. The minimum atomic E-state index is -0.503. The van der Waals surface area contributed by atoms with Crippen LogP contribution in [-0.2, 0) is 0 Å². The Morgan fingerprint density at radius 2 is 1.94 bits per heavy atom. The third-order valence-electron chi connectivity index (χ3n) is 3.57. The number of rotatable bonds is 2. The van der Waals surface area contributed by atoms with Gasteiger partial charge >= 0.3 is 0 Å². The molecule has 2 nitrogen and oxygen atoms in total. The van der Waals surface area contributed by atoms with Gasteiger partial charge in [-0.15, -0.1) is 0 Å². The van der Waals surface area contributed by atoms with Gasteiger partial charge in [0.15, 0.2) is 11.6 Å². The van der Waals surface area contributed by atoms with Crippen LogP contribution in [0.2, 0.25) is 0 Å². The van der Waals surface area contributed by atoms with Gasteiger partial charge in [-0.3, -0.25) is 0 Å². The topological polar surface area (TPSA) is 15.3 Å². The molecule has 0 aliphatic carbocycles. The molecular weight excluding hydrogens is 302 g/mol. The molecule has 1 heterocycles. The quantitative estimate of drug-likeness (QED) is 0.901. The number of anilines is 1. The zero-order valence-corrected chi connectivity index (χ0v) is 12.1. The van der Waals surface area contributed by atoms with E-state index in [0.717, 1.165) is 6.42 Å². The van der Waals surface area contributed by atoms with Crippen molar-refractivity contribution in [3.63, 3.8) is 0 Å². The molecule has 0 bridgehead atoms. The van der Waals surface area contributed by atoms with Crippen LogP contribution in [0.15, 0.2) is 16.6 Å². The number of piperidine rings is 1. The minimum absolute atomic E-state index is 0.0969. The maximum absolute atomic E-state index is 13.9. The number of benzene rings is 1. The summed E-state index contributed by atoms with van der Waals surface area (Å²) in [7, 11) is 1.93. The summed E-state index contributed by atoms with van der Waals surface area (Å²) in [4.78, 5) is 1.80. The second-order valence-electron chi connectivity index (χ2n) is 4.83. The Kier molecular flexibility index (Phi) is 4.22. The number of hydrogen-bond donors (Lipinski definition) is 1. The second kappa shape index (κ2) is 5.53. The minimum Gasteiger partial charge on any atom is -0.366 e. The van der Waals surface area contributed by atoms with E-state index in [0.29, 0.717) is 29.5 Å². The Morgan fingerprint density at radius 3 is 2.44 bits per heavy atom. The van der Waals surface area contributed by atoms with Crippen molar-refractivity contribution in [2.75, 3.05) is 25.0 Å². The number of nitrogens with one attached hydrogen (secondary N) is 1. The molecule has 1 aromatic rings. The van der Waals surface area contributed by atoms with Crippen LogP contribution in [0.25, 0.3) is 0 Å². The summed E-state index contributed by atoms with van der Waals surface area (Å²) in [5, 5.41) is 3.24. The smallest absolute Gasteiger partial charge is 0.150 e. The van der Waals surface area contributed by atoms with Gasteiger partial charge in [0.25, 0.3) is 0 Å². The van der Waals surface area contributed by atoms with Gasteiger partial charge in [0.2, 0.25) is 0 Å². The molecule has 0 radical (unpaired) electrons. The van der Waals surface area contributed by atoms with Crippen LogP contribution in [0.1, 0.15) is 13.3 Å². The molecule has 2 rings (SSSR count). The van der Waals surface area contributed by atoms with Gasteiger partial charge in [0.1, 0.15) is 5.69 Å². The summed E-state index contributed by atoms with van der Waals surface area (Å²) in [6, 6.07) is 3.04. The van der Waals surface area contributed by atoms with Gasteiger partial charge in [0, 0.05) is 23.6 Å². The van der Waals surface area contributed by atoms with Crippen LogP contribution >= 0.6 is 15.9 Å². The van der Waals surface area contributed by atoms with E-state index in [1.54, 1.807) is 4.90 Å². The molecule has 0 aromatic heterocycles. The normalized spacial score (nSPS) is 24.4. The predicted octanol–water partition coefficient (Wildman–Crippen LogP) is 3.16. The number of halogens is 3. The first-order chi connectivity index (χ1) is 8.52. The van der Waals surface area contributed by atoms with Gasteiger partial charge in [-0.1, -0.05) is 22.9 Å². The SMILES string of the molecule is CNC1CCN(c2c(F)cc(Br)cc2F)CC1C. The van der Waals surface area contributed by atoms with Crippen molar-refractivity contribution >= 4 is 21.6 Å². The van der Waals surface area contributed by atoms with Gasteiger partial charge in [-0.05, 0) is 31.5 Å². The first-order valence-electron chi connectivity index (χ1n) is 6.09. The van der Waals surface area contributed by atoms with E-state index in [1.807, 2.05) is 7.05 Å². The highest BCUT2D eigenvalue weighted by Gasteiger charge is 2.28. The highest BCUT2D eigenvalue weighted by Crippen LogP contribution is 2.30. The van der Waals surface area contributed by atoms with Gasteiger partial charge < -0.3 is 10.2 Å². The molecule has 2 unspecified atom stereocenters. The first-order valence-corrected chi connectivity index (χ1v) is 6.89. The molecule has 1 saturated heterocycles. The molecular formula is C13H17BrF2N2. The molecule has 1 aliphatic rings. The van der Waals surface area contributed by atoms with Gasteiger partial charge in [-0.25, -0.2) is 8.78 Å². The maximum atomic E-state index is 13.9. The lowest BCUT2D eigenvalue weighted by atomic mass is 9.93. The summed E-state index contributed by atoms with van der Waals surface area (Å²) >= 11 is 3.10. The van der Waals surface area contributed by atoms with Crippen LogP contribution < -0.4 is 10.2 Å². The highest BCUT2D eigenvalue weighted by molar-refractivity contribution is 9.10. The number of nitrogens with zero attached hydrogens (tertiary/aromatic N) is 1. The van der Waals surface area contributed by atoms with Crippen molar-refractivity contribution in [1.29, 1.82) is 0 Å². The zero-order chi connectivity index (χ0) is 13.3. The van der Waals surface area contributed by atoms with E-state index in [1.165, 1.54) is 12.1 Å². The van der Waals surface area contributed by atoms with Gasteiger partial charge in [0.05, 0.1) is 0 Å². The molecule has 2 atom stereocenters. The molecule has 1 aromatic carbocycles. The van der Waals surface area contributed by atoms with Crippen molar-refractivity contribution in [2.45, 2.75) is 19.4 Å². The van der Waals surface area contributed by atoms with E-state index < -0.39 is 11.6 Å². The lowest BCUT2D eigenvalue weighted by Crippen LogP contribution is -2.47. The average Bonchev–Trinajstić information content (AvgIpc) is 2.27. The third-order valence-corrected chi connectivity index (χ3v) is 4.03. The Balaban J connectivity index is 2.23. The molecule has 1 N–H and O–H groups in total. The summed E-state index contributed by atoms with van der Waals surface area (Å²) in [6.45, 7) is 3.44. The van der Waals surface area contributed by atoms with E-state index >= 15 is 0 Å². The van der Waals surface area contributed by atoms with Crippen LogP contribution in [-0.4, -0.2) is 26.2 Å². The maximum Gasteiger partial charge on any atom is 0.150 e. The van der Waals surface area contributed by atoms with E-state index in [4.69, 9.17) is 0 Å². The average molecular weight is 319 g/mol. The standard InChI is InChI=1S/C13H17BrF2N2/c1-8-7-18(4-3-12(8)17-2)13-10(15)5-9(14)6-11(13)16/h5-6,8,12,17H,3-4,7H2,1-2H3. The Bertz CT molecular complexity index is 416. The van der Waals surface area contributed by atoms with E-state index in [2.05, 4.69) is 28.2 Å². The van der Waals surface area contributed by atoms with Crippen LogP contribution in [0.4, 0.5) is 14.5 Å². The van der Waals surface area contributed by atoms with Crippen molar-refractivity contribution in [3.8, 4) is 0 Å². The number of hydrogen-bond acceptors (Lipinski definition) is 2. The molecule has 5 heteroatoms. The van der Waals surface area contributed by atoms with Crippen LogP contribution in [0, 0.1) is 17.6 Å². The molecule has 100 valence electrons. The zero-order valence-electron chi connectivity index (χ0n) is 10.5. The molecule has 0 saturated carbocycles. The lowest BCUT2D eigenvalue weighted by Gasteiger charge is -2.38. The predicted molar refractivity (Wildman–Crippen MR) is 72.9 cm³/mol. The molecule has 1 aliphatic heterocycles. The summed E-state index contributed by atoms with van der Waals surface area (Å²) in [5.41, 5.74) is 0.0969. The second-order valence-corrected chi connectivity index (χ2v) is 5.74. The summed E-state index contributed by atoms with van der Waals surface area (Å²) < 4.78 is 28.2. The third kappa shape index (κ3) is 2.67. The molecule has 0 amide bonds. The summed E-state index contributed by atoms with van der Waals surface area (Å²) in [5.74, 6) is -0.639. The Hall–Kier alpha value is -0.680. The van der Waals surface area contributed by atoms with E-state index in [-0.39, 0.29) is 5.69 Å². The monoisotopic (exact) mass is 318 g/mol. The fourth-order valence-corrected chi connectivity index (χ4v) is 3.02. The highest BCUT2D eigenvalue weighted by atomic mass is 79.9. The van der Waals surface area contributed by atoms with Crippen molar-refractivity contribution in [1.82, 2.24) is 5.32 Å².